The van der Waals surface area contributed by atoms with Crippen molar-refractivity contribution in [1.29, 1.82) is 5.26 Å². The standard InChI is InChI=1S/C27H23N3O/c1-18-6-4-8-23(14-18)30(24-9-5-7-19(2)15-24)22-12-10-21(11-13-22)25-16-20(3)29-27(31)26(25)17-28/h4-16H,1-3H3,(H,29,31). The number of anilines is 3. The van der Waals surface area contributed by atoms with E-state index in [9.17, 15) is 10.1 Å². The molecule has 4 heteroatoms. The van der Waals surface area contributed by atoms with Crippen molar-refractivity contribution in [3.8, 4) is 17.2 Å². The van der Waals surface area contributed by atoms with Crippen LogP contribution in [-0.4, -0.2) is 4.98 Å². The predicted molar refractivity (Wildman–Crippen MR) is 126 cm³/mol. The molecule has 0 amide bonds. The first-order chi connectivity index (χ1) is 15.0. The zero-order valence-corrected chi connectivity index (χ0v) is 17.8. The zero-order valence-electron chi connectivity index (χ0n) is 17.8. The summed E-state index contributed by atoms with van der Waals surface area (Å²) in [5.74, 6) is 0. The molecule has 0 radical (unpaired) electrons. The number of nitrogens with one attached hydrogen (secondary N) is 1. The van der Waals surface area contributed by atoms with E-state index in [0.29, 0.717) is 5.56 Å². The van der Waals surface area contributed by atoms with E-state index >= 15 is 0 Å². The van der Waals surface area contributed by atoms with E-state index in [1.165, 1.54) is 11.1 Å². The first kappa shape index (κ1) is 20.2. The van der Waals surface area contributed by atoms with Gasteiger partial charge in [-0.15, -0.1) is 0 Å². The number of hydrogen-bond donors (Lipinski definition) is 1. The Morgan fingerprint density at radius 3 is 1.87 bits per heavy atom. The van der Waals surface area contributed by atoms with E-state index < -0.39 is 0 Å². The lowest BCUT2D eigenvalue weighted by atomic mass is 10.0. The van der Waals surface area contributed by atoms with Crippen molar-refractivity contribution in [2.45, 2.75) is 20.8 Å². The summed E-state index contributed by atoms with van der Waals surface area (Å²) < 4.78 is 0. The average molecular weight is 406 g/mol. The van der Waals surface area contributed by atoms with Crippen molar-refractivity contribution in [1.82, 2.24) is 4.98 Å². The van der Waals surface area contributed by atoms with Gasteiger partial charge >= 0.3 is 0 Å². The maximum atomic E-state index is 12.2. The maximum absolute atomic E-state index is 12.2. The Bertz CT molecular complexity index is 1300. The lowest BCUT2D eigenvalue weighted by Gasteiger charge is -2.26. The molecule has 0 aliphatic carbocycles. The van der Waals surface area contributed by atoms with Crippen LogP contribution in [0.4, 0.5) is 17.1 Å². The molecule has 0 aliphatic heterocycles. The van der Waals surface area contributed by atoms with Crippen LogP contribution in [0.1, 0.15) is 22.4 Å². The highest BCUT2D eigenvalue weighted by Crippen LogP contribution is 2.36. The molecule has 0 bridgehead atoms. The van der Waals surface area contributed by atoms with E-state index in [-0.39, 0.29) is 11.1 Å². The molecule has 0 saturated carbocycles. The number of aromatic amines is 1. The fraction of sp³-hybridized carbons (Fsp3) is 0.111. The van der Waals surface area contributed by atoms with Crippen molar-refractivity contribution in [2.75, 3.05) is 4.90 Å². The van der Waals surface area contributed by atoms with E-state index in [2.05, 4.69) is 72.3 Å². The highest BCUT2D eigenvalue weighted by atomic mass is 16.1. The molecular weight excluding hydrogens is 382 g/mol. The van der Waals surface area contributed by atoms with Gasteiger partial charge in [0, 0.05) is 28.3 Å². The number of H-pyrrole nitrogens is 1. The second kappa shape index (κ2) is 8.33. The van der Waals surface area contributed by atoms with E-state index in [1.54, 1.807) is 0 Å². The van der Waals surface area contributed by atoms with Gasteiger partial charge < -0.3 is 9.88 Å². The third kappa shape index (κ3) is 4.12. The molecular formula is C27H23N3O. The van der Waals surface area contributed by atoms with Crippen molar-refractivity contribution in [3.63, 3.8) is 0 Å². The molecule has 1 N–H and O–H groups in total. The van der Waals surface area contributed by atoms with Crippen LogP contribution in [-0.2, 0) is 0 Å². The summed E-state index contributed by atoms with van der Waals surface area (Å²) in [6.07, 6.45) is 0. The molecule has 3 aromatic carbocycles. The topological polar surface area (TPSA) is 59.9 Å². The van der Waals surface area contributed by atoms with E-state index in [1.807, 2.05) is 43.3 Å². The summed E-state index contributed by atoms with van der Waals surface area (Å²) in [5, 5.41) is 9.47. The lowest BCUT2D eigenvalue weighted by Crippen LogP contribution is -2.13. The molecule has 0 unspecified atom stereocenters. The van der Waals surface area contributed by atoms with Crippen molar-refractivity contribution < 1.29 is 0 Å². The van der Waals surface area contributed by atoms with Gasteiger partial charge in [-0.3, -0.25) is 4.79 Å². The molecule has 0 spiro atoms. The average Bonchev–Trinajstić information content (AvgIpc) is 2.74. The van der Waals surface area contributed by atoms with Gasteiger partial charge in [0.05, 0.1) is 0 Å². The van der Waals surface area contributed by atoms with Crippen LogP contribution in [0.3, 0.4) is 0 Å². The van der Waals surface area contributed by atoms with Crippen LogP contribution >= 0.6 is 0 Å². The molecule has 1 heterocycles. The Kier molecular flexibility index (Phi) is 5.43. The van der Waals surface area contributed by atoms with Crippen LogP contribution in [0.2, 0.25) is 0 Å². The molecule has 1 aromatic heterocycles. The molecule has 0 aliphatic rings. The Morgan fingerprint density at radius 1 is 0.774 bits per heavy atom. The van der Waals surface area contributed by atoms with Gasteiger partial charge in [-0.2, -0.15) is 5.26 Å². The first-order valence-corrected chi connectivity index (χ1v) is 10.1. The summed E-state index contributed by atoms with van der Waals surface area (Å²) in [6.45, 7) is 5.98. The number of aryl methyl sites for hydroxylation is 3. The minimum atomic E-state index is -0.359. The number of pyridine rings is 1. The highest BCUT2D eigenvalue weighted by molar-refractivity contribution is 5.79. The largest absolute Gasteiger partial charge is 0.325 e. The Hall–Kier alpha value is -4.10. The number of nitriles is 1. The van der Waals surface area contributed by atoms with Crippen LogP contribution in [0.15, 0.2) is 83.7 Å². The van der Waals surface area contributed by atoms with Crippen molar-refractivity contribution in [3.05, 3.63) is 112 Å². The number of aromatic nitrogens is 1. The van der Waals surface area contributed by atoms with Gasteiger partial charge in [0.15, 0.2) is 0 Å². The fourth-order valence-electron chi connectivity index (χ4n) is 3.80. The van der Waals surface area contributed by atoms with Gasteiger partial charge in [0.1, 0.15) is 11.6 Å². The molecule has 4 rings (SSSR count). The summed E-state index contributed by atoms with van der Waals surface area (Å²) in [6, 6.07) is 28.6. The summed E-state index contributed by atoms with van der Waals surface area (Å²) in [5.41, 5.74) is 7.50. The van der Waals surface area contributed by atoms with Crippen molar-refractivity contribution in [2.24, 2.45) is 0 Å². The number of nitrogens with zero attached hydrogens (tertiary/aromatic N) is 2. The van der Waals surface area contributed by atoms with Gasteiger partial charge in [-0.05, 0) is 79.9 Å². The maximum Gasteiger partial charge on any atom is 0.266 e. The third-order valence-corrected chi connectivity index (χ3v) is 5.24. The van der Waals surface area contributed by atoms with Gasteiger partial charge in [0.25, 0.3) is 5.56 Å². The quantitative estimate of drug-likeness (QED) is 0.433. The second-order valence-corrected chi connectivity index (χ2v) is 7.74. The first-order valence-electron chi connectivity index (χ1n) is 10.1. The van der Waals surface area contributed by atoms with Gasteiger partial charge in [-0.25, -0.2) is 0 Å². The number of rotatable bonds is 4. The SMILES string of the molecule is Cc1cccc(N(c2ccc(-c3cc(C)[nH]c(=O)c3C#N)cc2)c2cccc(C)c2)c1. The van der Waals surface area contributed by atoms with E-state index in [4.69, 9.17) is 0 Å². The van der Waals surface area contributed by atoms with Crippen LogP contribution in [0.25, 0.3) is 11.1 Å². The predicted octanol–water partition coefficient (Wildman–Crippen LogP) is 6.31. The fourth-order valence-corrected chi connectivity index (χ4v) is 3.80. The Labute approximate surface area is 182 Å². The molecule has 0 atom stereocenters. The van der Waals surface area contributed by atoms with Crippen LogP contribution in [0.5, 0.6) is 0 Å². The van der Waals surface area contributed by atoms with Crippen LogP contribution in [0, 0.1) is 32.1 Å². The minimum absolute atomic E-state index is 0.132. The van der Waals surface area contributed by atoms with Gasteiger partial charge in [0.2, 0.25) is 0 Å². The second-order valence-electron chi connectivity index (χ2n) is 7.74. The zero-order chi connectivity index (χ0) is 22.0. The summed E-state index contributed by atoms with van der Waals surface area (Å²) in [7, 11) is 0. The molecule has 0 fully saturated rings. The summed E-state index contributed by atoms with van der Waals surface area (Å²) >= 11 is 0. The highest BCUT2D eigenvalue weighted by Gasteiger charge is 2.15. The van der Waals surface area contributed by atoms with Crippen molar-refractivity contribution >= 4 is 17.1 Å². The molecule has 31 heavy (non-hydrogen) atoms. The smallest absolute Gasteiger partial charge is 0.266 e. The molecule has 0 saturated heterocycles. The van der Waals surface area contributed by atoms with E-state index in [0.717, 1.165) is 28.3 Å². The normalized spacial score (nSPS) is 10.5. The third-order valence-electron chi connectivity index (χ3n) is 5.24. The molecule has 152 valence electrons. The molecule has 4 aromatic rings. The number of hydrogen-bond acceptors (Lipinski definition) is 3. The van der Waals surface area contributed by atoms with Crippen LogP contribution < -0.4 is 10.5 Å². The minimum Gasteiger partial charge on any atom is -0.325 e. The Morgan fingerprint density at radius 2 is 1.35 bits per heavy atom. The van der Waals surface area contributed by atoms with Gasteiger partial charge in [-0.1, -0.05) is 36.4 Å². The molecule has 4 nitrogen and oxygen atoms in total. The number of benzene rings is 3. The Balaban J connectivity index is 1.83. The lowest BCUT2D eigenvalue weighted by molar-refractivity contribution is 1.13. The monoisotopic (exact) mass is 405 g/mol. The summed E-state index contributed by atoms with van der Waals surface area (Å²) in [4.78, 5) is 17.1.